The van der Waals surface area contributed by atoms with E-state index in [0.29, 0.717) is 35.7 Å². The second-order valence-electron chi connectivity index (χ2n) is 6.90. The van der Waals surface area contributed by atoms with Crippen molar-refractivity contribution in [1.29, 1.82) is 0 Å². The minimum atomic E-state index is -3.48. The zero-order chi connectivity index (χ0) is 20.3. The number of hydrogen-bond acceptors (Lipinski definition) is 4. The van der Waals surface area contributed by atoms with Gasteiger partial charge in [0.05, 0.1) is 3.79 Å². The molecule has 3 rings (SSSR count). The third-order valence-corrected chi connectivity index (χ3v) is 9.16. The van der Waals surface area contributed by atoms with E-state index in [1.54, 1.807) is 30.3 Å². The Labute approximate surface area is 177 Å². The van der Waals surface area contributed by atoms with Crippen LogP contribution in [0.4, 0.5) is 4.39 Å². The molecule has 9 heteroatoms. The molecular formula is C19H22BrFN2O3S2. The Hall–Kier alpha value is -1.29. The van der Waals surface area contributed by atoms with Gasteiger partial charge in [-0.25, -0.2) is 12.8 Å². The Kier molecular flexibility index (Phi) is 6.90. The van der Waals surface area contributed by atoms with Crippen molar-refractivity contribution in [3.8, 4) is 0 Å². The van der Waals surface area contributed by atoms with Gasteiger partial charge in [0.25, 0.3) is 10.0 Å². The highest BCUT2D eigenvalue weighted by Crippen LogP contribution is 2.32. The molecule has 2 aromatic rings. The van der Waals surface area contributed by atoms with Crippen LogP contribution in [0, 0.1) is 17.7 Å². The van der Waals surface area contributed by atoms with Gasteiger partial charge in [-0.15, -0.1) is 11.3 Å². The highest BCUT2D eigenvalue weighted by Gasteiger charge is 2.34. The molecule has 1 aliphatic heterocycles. The molecule has 0 unspecified atom stereocenters. The lowest BCUT2D eigenvalue weighted by Gasteiger charge is -2.33. The number of sulfonamides is 1. The van der Waals surface area contributed by atoms with Crippen molar-refractivity contribution in [3.05, 3.63) is 51.6 Å². The zero-order valence-corrected chi connectivity index (χ0v) is 18.6. The topological polar surface area (TPSA) is 66.5 Å². The number of nitrogens with one attached hydrogen (secondary N) is 1. The normalized spacial score (nSPS) is 17.4. The van der Waals surface area contributed by atoms with E-state index < -0.39 is 10.0 Å². The van der Waals surface area contributed by atoms with E-state index in [4.69, 9.17) is 0 Å². The number of nitrogens with zero attached hydrogens (tertiary/aromatic N) is 1. The number of benzene rings is 1. The van der Waals surface area contributed by atoms with Gasteiger partial charge in [0, 0.05) is 31.1 Å². The van der Waals surface area contributed by atoms with Gasteiger partial charge in [-0.2, -0.15) is 4.31 Å². The van der Waals surface area contributed by atoms with Crippen molar-refractivity contribution in [2.75, 3.05) is 13.1 Å². The van der Waals surface area contributed by atoms with E-state index in [9.17, 15) is 17.6 Å². The van der Waals surface area contributed by atoms with Crippen LogP contribution in [0.15, 0.2) is 44.4 Å². The van der Waals surface area contributed by atoms with Crippen molar-refractivity contribution < 1.29 is 17.6 Å². The van der Waals surface area contributed by atoms with E-state index in [0.717, 1.165) is 3.79 Å². The van der Waals surface area contributed by atoms with Crippen LogP contribution in [0.3, 0.4) is 0 Å². The summed E-state index contributed by atoms with van der Waals surface area (Å²) in [5, 5.41) is 2.79. The van der Waals surface area contributed by atoms with Gasteiger partial charge < -0.3 is 5.32 Å². The van der Waals surface area contributed by atoms with Crippen LogP contribution in [0.5, 0.6) is 0 Å². The molecule has 0 spiro atoms. The Morgan fingerprint density at radius 1 is 1.29 bits per heavy atom. The molecule has 0 saturated carbocycles. The van der Waals surface area contributed by atoms with Crippen LogP contribution < -0.4 is 5.32 Å². The SMILES string of the molecule is C[C@H](C(=O)NCc1ccccc1F)C1CCN(S(=O)(=O)c2ccc(Br)s2)CC1. The summed E-state index contributed by atoms with van der Waals surface area (Å²) < 4.78 is 41.7. The summed E-state index contributed by atoms with van der Waals surface area (Å²) in [6, 6.07) is 9.69. The average molecular weight is 489 g/mol. The molecule has 1 fully saturated rings. The Morgan fingerprint density at radius 3 is 2.57 bits per heavy atom. The number of rotatable bonds is 6. The predicted molar refractivity (Wildman–Crippen MR) is 111 cm³/mol. The van der Waals surface area contributed by atoms with Gasteiger partial charge in [0.15, 0.2) is 0 Å². The number of carbonyl (C=O) groups is 1. The number of thiophene rings is 1. The lowest BCUT2D eigenvalue weighted by Crippen LogP contribution is -2.42. The predicted octanol–water partition coefficient (Wildman–Crippen LogP) is 4.00. The zero-order valence-electron chi connectivity index (χ0n) is 15.4. The summed E-state index contributed by atoms with van der Waals surface area (Å²) in [6.45, 7) is 2.79. The number of halogens is 2. The van der Waals surface area contributed by atoms with Crippen molar-refractivity contribution in [1.82, 2.24) is 9.62 Å². The molecule has 1 aliphatic rings. The van der Waals surface area contributed by atoms with Crippen molar-refractivity contribution >= 4 is 43.2 Å². The summed E-state index contributed by atoms with van der Waals surface area (Å²) >= 11 is 4.50. The fourth-order valence-corrected chi connectivity index (χ4v) is 7.01. The minimum absolute atomic E-state index is 0.0992. The van der Waals surface area contributed by atoms with Gasteiger partial charge in [-0.3, -0.25) is 4.79 Å². The molecule has 1 N–H and O–H groups in total. The second-order valence-corrected chi connectivity index (χ2v) is 11.5. The lowest BCUT2D eigenvalue weighted by molar-refractivity contribution is -0.126. The monoisotopic (exact) mass is 488 g/mol. The van der Waals surface area contributed by atoms with Gasteiger partial charge >= 0.3 is 0 Å². The van der Waals surface area contributed by atoms with Gasteiger partial charge in [0.1, 0.15) is 10.0 Å². The summed E-state index contributed by atoms with van der Waals surface area (Å²) in [4.78, 5) is 12.5. The van der Waals surface area contributed by atoms with Crippen LogP contribution in [-0.4, -0.2) is 31.7 Å². The molecule has 1 amide bonds. The van der Waals surface area contributed by atoms with E-state index in [2.05, 4.69) is 21.2 Å². The van der Waals surface area contributed by atoms with E-state index in [1.807, 2.05) is 6.92 Å². The van der Waals surface area contributed by atoms with Gasteiger partial charge in [0.2, 0.25) is 5.91 Å². The molecule has 1 saturated heterocycles. The molecule has 1 aromatic carbocycles. The summed E-state index contributed by atoms with van der Waals surface area (Å²) in [5.41, 5.74) is 0.450. The first-order valence-electron chi connectivity index (χ1n) is 9.05. The quantitative estimate of drug-likeness (QED) is 0.667. The van der Waals surface area contributed by atoms with Gasteiger partial charge in [-0.05, 0) is 52.9 Å². The smallest absolute Gasteiger partial charge is 0.252 e. The molecule has 0 aliphatic carbocycles. The average Bonchev–Trinajstić information content (AvgIpc) is 3.14. The molecule has 0 bridgehead atoms. The molecule has 5 nitrogen and oxygen atoms in total. The van der Waals surface area contributed by atoms with E-state index >= 15 is 0 Å². The fourth-order valence-electron chi connectivity index (χ4n) is 3.38. The van der Waals surface area contributed by atoms with Crippen LogP contribution in [0.25, 0.3) is 0 Å². The fraction of sp³-hybridized carbons (Fsp3) is 0.421. The Balaban J connectivity index is 1.54. The highest BCUT2D eigenvalue weighted by molar-refractivity contribution is 9.11. The number of hydrogen-bond donors (Lipinski definition) is 1. The van der Waals surface area contributed by atoms with Crippen molar-refractivity contribution in [2.24, 2.45) is 11.8 Å². The number of amides is 1. The standard InChI is InChI=1S/C19H22BrFN2O3S2/c1-13(19(24)22-12-15-4-2-3-5-16(15)21)14-8-10-23(11-9-14)28(25,26)18-7-6-17(20)27-18/h2-7,13-14H,8-12H2,1H3,(H,22,24)/t13-/m0/s1. The van der Waals surface area contributed by atoms with Crippen molar-refractivity contribution in [2.45, 2.75) is 30.5 Å². The third kappa shape index (κ3) is 4.82. The molecule has 1 atom stereocenters. The Bertz CT molecular complexity index is 940. The van der Waals surface area contributed by atoms with Crippen molar-refractivity contribution in [3.63, 3.8) is 0 Å². The molecule has 1 aromatic heterocycles. The summed E-state index contributed by atoms with van der Waals surface area (Å²) in [7, 11) is -3.48. The number of carbonyl (C=O) groups excluding carboxylic acids is 1. The number of piperidine rings is 1. The van der Waals surface area contributed by atoms with Crippen LogP contribution >= 0.6 is 27.3 Å². The second kappa shape index (κ2) is 9.02. The maximum absolute atomic E-state index is 13.7. The Morgan fingerprint density at radius 2 is 1.96 bits per heavy atom. The van der Waals surface area contributed by atoms with Gasteiger partial charge in [-0.1, -0.05) is 25.1 Å². The first kappa shape index (κ1) is 21.4. The molecule has 0 radical (unpaired) electrons. The van der Waals surface area contributed by atoms with E-state index in [1.165, 1.54) is 21.7 Å². The van der Waals surface area contributed by atoms with Crippen LogP contribution in [0.1, 0.15) is 25.3 Å². The van der Waals surface area contributed by atoms with Crippen LogP contribution in [0.2, 0.25) is 0 Å². The third-order valence-electron chi connectivity index (χ3n) is 5.17. The first-order valence-corrected chi connectivity index (χ1v) is 12.1. The minimum Gasteiger partial charge on any atom is -0.352 e. The van der Waals surface area contributed by atoms with E-state index in [-0.39, 0.29) is 30.1 Å². The molecular weight excluding hydrogens is 467 g/mol. The highest BCUT2D eigenvalue weighted by atomic mass is 79.9. The maximum atomic E-state index is 13.7. The lowest BCUT2D eigenvalue weighted by atomic mass is 9.85. The largest absolute Gasteiger partial charge is 0.352 e. The summed E-state index contributed by atoms with van der Waals surface area (Å²) in [6.07, 6.45) is 1.25. The van der Waals surface area contributed by atoms with Crippen LogP contribution in [-0.2, 0) is 21.4 Å². The summed E-state index contributed by atoms with van der Waals surface area (Å²) in [5.74, 6) is -0.629. The molecule has 152 valence electrons. The molecule has 2 heterocycles. The first-order chi connectivity index (χ1) is 13.3. The molecule has 28 heavy (non-hydrogen) atoms. The maximum Gasteiger partial charge on any atom is 0.252 e.